The lowest BCUT2D eigenvalue weighted by Gasteiger charge is -2.35. The number of likely N-dealkylation sites (tertiary alicyclic amines) is 1. The molecule has 0 saturated carbocycles. The third kappa shape index (κ3) is 6.93. The van der Waals surface area contributed by atoms with Crippen LogP contribution in [0.4, 0.5) is 5.69 Å². The number of likely N-dealkylation sites (N-methyl/N-ethyl adjacent to an activating group) is 1. The molecule has 46 heavy (non-hydrogen) atoms. The number of benzene rings is 4. The van der Waals surface area contributed by atoms with Gasteiger partial charge in [-0.15, -0.1) is 0 Å². The van der Waals surface area contributed by atoms with E-state index in [0.29, 0.717) is 40.1 Å². The minimum Gasteiger partial charge on any atom is -0.341 e. The predicted octanol–water partition coefficient (Wildman–Crippen LogP) is 8.27. The molecule has 2 aliphatic heterocycles. The SMILES string of the molecule is CN(CC(CCN1CCC(c2ccccc2N2CCCC2=O)CC1)c1ccc(Cl)c(Cl)c1)C(=O)c1cc(C#N)cc2ccccc12. The highest BCUT2D eigenvalue weighted by Crippen LogP contribution is 2.37. The molecule has 0 aliphatic carbocycles. The number of para-hydroxylation sites is 1. The van der Waals surface area contributed by atoms with E-state index in [-0.39, 0.29) is 17.7 Å². The van der Waals surface area contributed by atoms with E-state index >= 15 is 0 Å². The smallest absolute Gasteiger partial charge is 0.254 e. The molecule has 4 aromatic carbocycles. The molecule has 0 radical (unpaired) electrons. The summed E-state index contributed by atoms with van der Waals surface area (Å²) in [4.78, 5) is 32.6. The molecule has 2 saturated heterocycles. The van der Waals surface area contributed by atoms with Crippen molar-refractivity contribution in [1.29, 1.82) is 5.26 Å². The molecule has 0 bridgehead atoms. The monoisotopic (exact) mass is 652 g/mol. The maximum Gasteiger partial charge on any atom is 0.254 e. The van der Waals surface area contributed by atoms with Crippen molar-refractivity contribution in [3.8, 4) is 6.07 Å². The maximum absolute atomic E-state index is 13.9. The molecule has 2 heterocycles. The van der Waals surface area contributed by atoms with Crippen molar-refractivity contribution >= 4 is 51.5 Å². The van der Waals surface area contributed by atoms with Crippen molar-refractivity contribution in [2.24, 2.45) is 0 Å². The highest BCUT2D eigenvalue weighted by atomic mass is 35.5. The number of hydrogen-bond acceptors (Lipinski definition) is 4. The number of rotatable bonds is 9. The van der Waals surface area contributed by atoms with Gasteiger partial charge < -0.3 is 14.7 Å². The molecule has 2 aliphatic rings. The van der Waals surface area contributed by atoms with E-state index in [1.165, 1.54) is 5.56 Å². The number of nitriles is 1. The van der Waals surface area contributed by atoms with Crippen LogP contribution in [0.1, 0.15) is 71.0 Å². The van der Waals surface area contributed by atoms with Crippen molar-refractivity contribution in [3.05, 3.63) is 111 Å². The number of carbonyl (C=O) groups excluding carboxylic acids is 2. The summed E-state index contributed by atoms with van der Waals surface area (Å²) in [6.07, 6.45) is 4.48. The van der Waals surface area contributed by atoms with Gasteiger partial charge in [-0.1, -0.05) is 71.7 Å². The lowest BCUT2D eigenvalue weighted by Crippen LogP contribution is -2.36. The second-order valence-corrected chi connectivity index (χ2v) is 13.3. The molecule has 0 spiro atoms. The summed E-state index contributed by atoms with van der Waals surface area (Å²) < 4.78 is 0. The minimum absolute atomic E-state index is 0.0359. The van der Waals surface area contributed by atoms with E-state index in [0.717, 1.165) is 73.9 Å². The van der Waals surface area contributed by atoms with Gasteiger partial charge in [0, 0.05) is 43.7 Å². The van der Waals surface area contributed by atoms with Crippen LogP contribution in [0.5, 0.6) is 0 Å². The number of piperidine rings is 1. The standard InChI is InChI=1S/C38H38Cl2N4O2/c1-42(38(46)33-22-26(24-41)21-29-7-2-3-8-31(29)33)25-30(28-12-13-34(39)35(40)23-28)16-20-43-18-14-27(15-19-43)32-9-4-5-10-36(32)44-17-6-11-37(44)45/h2-5,7-10,12-13,21-23,27,30H,6,11,14-20,25H2,1H3. The topological polar surface area (TPSA) is 67.7 Å². The van der Waals surface area contributed by atoms with Crippen LogP contribution in [-0.2, 0) is 4.79 Å². The Morgan fingerprint density at radius 2 is 1.74 bits per heavy atom. The van der Waals surface area contributed by atoms with Crippen molar-refractivity contribution in [1.82, 2.24) is 9.80 Å². The van der Waals surface area contributed by atoms with Gasteiger partial charge in [0.15, 0.2) is 0 Å². The van der Waals surface area contributed by atoms with E-state index in [1.54, 1.807) is 11.0 Å². The summed E-state index contributed by atoms with van der Waals surface area (Å²) in [5.41, 5.74) is 4.42. The summed E-state index contributed by atoms with van der Waals surface area (Å²) in [5.74, 6) is 0.574. The lowest BCUT2D eigenvalue weighted by atomic mass is 9.87. The van der Waals surface area contributed by atoms with Gasteiger partial charge in [0.1, 0.15) is 0 Å². The van der Waals surface area contributed by atoms with Crippen LogP contribution in [-0.4, -0.2) is 61.4 Å². The van der Waals surface area contributed by atoms with Gasteiger partial charge in [0.05, 0.1) is 21.7 Å². The quantitative estimate of drug-likeness (QED) is 0.182. The Kier molecular flexibility index (Phi) is 9.94. The number of nitrogens with zero attached hydrogens (tertiary/aromatic N) is 4. The summed E-state index contributed by atoms with van der Waals surface area (Å²) in [6.45, 7) is 4.14. The summed E-state index contributed by atoms with van der Waals surface area (Å²) >= 11 is 12.7. The molecule has 6 nitrogen and oxygen atoms in total. The second kappa shape index (κ2) is 14.3. The first kappa shape index (κ1) is 32.1. The van der Waals surface area contributed by atoms with Crippen LogP contribution in [0.3, 0.4) is 0 Å². The fourth-order valence-electron chi connectivity index (χ4n) is 7.09. The first-order chi connectivity index (χ1) is 22.3. The fourth-order valence-corrected chi connectivity index (χ4v) is 7.39. The molecule has 0 aromatic heterocycles. The lowest BCUT2D eigenvalue weighted by molar-refractivity contribution is -0.117. The van der Waals surface area contributed by atoms with Crippen molar-refractivity contribution in [3.63, 3.8) is 0 Å². The zero-order valence-electron chi connectivity index (χ0n) is 26.1. The molecular weight excluding hydrogens is 615 g/mol. The zero-order valence-corrected chi connectivity index (χ0v) is 27.6. The molecule has 236 valence electrons. The molecule has 1 unspecified atom stereocenters. The molecule has 0 N–H and O–H groups in total. The maximum atomic E-state index is 13.9. The molecule has 1 atom stereocenters. The Hall–Kier alpha value is -3.89. The third-order valence-electron chi connectivity index (χ3n) is 9.60. The van der Waals surface area contributed by atoms with Crippen LogP contribution >= 0.6 is 23.2 Å². The van der Waals surface area contributed by atoms with Gasteiger partial charge in [-0.05, 0) is 103 Å². The molecule has 2 fully saturated rings. The molecule has 6 rings (SSSR count). The van der Waals surface area contributed by atoms with Crippen molar-refractivity contribution in [2.45, 2.75) is 43.9 Å². The van der Waals surface area contributed by atoms with Gasteiger partial charge in [-0.25, -0.2) is 0 Å². The molecule has 4 aromatic rings. The van der Waals surface area contributed by atoms with Crippen molar-refractivity contribution < 1.29 is 9.59 Å². The first-order valence-electron chi connectivity index (χ1n) is 16.1. The second-order valence-electron chi connectivity index (χ2n) is 12.5. The summed E-state index contributed by atoms with van der Waals surface area (Å²) in [5, 5.41) is 12.3. The van der Waals surface area contributed by atoms with Gasteiger partial charge in [-0.2, -0.15) is 5.26 Å². The summed E-state index contributed by atoms with van der Waals surface area (Å²) in [7, 11) is 1.83. The van der Waals surface area contributed by atoms with Crippen LogP contribution in [0.15, 0.2) is 78.9 Å². The van der Waals surface area contributed by atoms with E-state index in [9.17, 15) is 14.9 Å². The Morgan fingerprint density at radius 1 is 0.978 bits per heavy atom. The van der Waals surface area contributed by atoms with Crippen molar-refractivity contribution in [2.75, 3.05) is 44.7 Å². The van der Waals surface area contributed by atoms with Gasteiger partial charge in [-0.3, -0.25) is 9.59 Å². The van der Waals surface area contributed by atoms with E-state index in [2.05, 4.69) is 29.2 Å². The average Bonchev–Trinajstić information content (AvgIpc) is 3.52. The van der Waals surface area contributed by atoms with Crippen LogP contribution in [0, 0.1) is 11.3 Å². The molecular formula is C38H38Cl2N4O2. The van der Waals surface area contributed by atoms with Gasteiger partial charge >= 0.3 is 0 Å². The Labute approximate surface area is 281 Å². The van der Waals surface area contributed by atoms with Crippen LogP contribution in [0.25, 0.3) is 10.8 Å². The van der Waals surface area contributed by atoms with Gasteiger partial charge in [0.25, 0.3) is 5.91 Å². The van der Waals surface area contributed by atoms with Crippen LogP contribution < -0.4 is 4.90 Å². The summed E-state index contributed by atoms with van der Waals surface area (Å²) in [6, 6.07) is 27.6. The van der Waals surface area contributed by atoms with E-state index in [1.807, 2.05) is 66.5 Å². The normalized spacial score (nSPS) is 16.5. The number of amides is 2. The minimum atomic E-state index is -0.116. The van der Waals surface area contributed by atoms with E-state index < -0.39 is 0 Å². The highest BCUT2D eigenvalue weighted by Gasteiger charge is 2.29. The number of hydrogen-bond donors (Lipinski definition) is 0. The number of anilines is 1. The van der Waals surface area contributed by atoms with E-state index in [4.69, 9.17) is 23.2 Å². The Bertz CT molecular complexity index is 1790. The number of carbonyl (C=O) groups is 2. The predicted molar refractivity (Wildman–Crippen MR) is 186 cm³/mol. The Balaban J connectivity index is 1.15. The number of halogens is 2. The third-order valence-corrected chi connectivity index (χ3v) is 10.3. The molecule has 8 heteroatoms. The van der Waals surface area contributed by atoms with Gasteiger partial charge in [0.2, 0.25) is 5.91 Å². The van der Waals surface area contributed by atoms with Crippen LogP contribution in [0.2, 0.25) is 10.0 Å². The molecule has 2 amide bonds. The number of fused-ring (bicyclic) bond motifs is 1. The Morgan fingerprint density at radius 3 is 2.48 bits per heavy atom. The highest BCUT2D eigenvalue weighted by molar-refractivity contribution is 6.42. The largest absolute Gasteiger partial charge is 0.341 e. The fraction of sp³-hybridized carbons (Fsp3) is 0.342. The zero-order chi connectivity index (χ0) is 32.2. The average molecular weight is 654 g/mol. The first-order valence-corrected chi connectivity index (χ1v) is 16.8.